The zero-order chi connectivity index (χ0) is 15.2. The number of carbonyl (C=O) groups excluding carboxylic acids is 2. The highest BCUT2D eigenvalue weighted by Gasteiger charge is 2.16. The van der Waals surface area contributed by atoms with Crippen LogP contribution in [0.3, 0.4) is 0 Å². The van der Waals surface area contributed by atoms with Gasteiger partial charge in [-0.2, -0.15) is 0 Å². The van der Waals surface area contributed by atoms with Gasteiger partial charge in [0.1, 0.15) is 6.33 Å². The lowest BCUT2D eigenvalue weighted by Crippen LogP contribution is -2.13. The number of anilines is 1. The van der Waals surface area contributed by atoms with Gasteiger partial charge < -0.3 is 10.1 Å². The average Bonchev–Trinajstić information content (AvgIpc) is 3.08. The number of thiazole rings is 1. The van der Waals surface area contributed by atoms with E-state index < -0.39 is 5.97 Å². The van der Waals surface area contributed by atoms with Gasteiger partial charge in [-0.1, -0.05) is 0 Å². The van der Waals surface area contributed by atoms with Crippen molar-refractivity contribution in [1.29, 1.82) is 0 Å². The predicted molar refractivity (Wildman–Crippen MR) is 73.9 cm³/mol. The van der Waals surface area contributed by atoms with Crippen LogP contribution < -0.4 is 5.32 Å². The second kappa shape index (κ2) is 6.88. The van der Waals surface area contributed by atoms with Crippen LogP contribution in [0.15, 0.2) is 6.33 Å². The maximum atomic E-state index is 11.8. The van der Waals surface area contributed by atoms with E-state index in [4.69, 9.17) is 0 Å². The second-order valence-electron chi connectivity index (χ2n) is 4.14. The molecule has 2 aromatic rings. The van der Waals surface area contributed by atoms with Gasteiger partial charge in [-0.3, -0.25) is 4.79 Å². The van der Waals surface area contributed by atoms with E-state index in [0.29, 0.717) is 29.4 Å². The summed E-state index contributed by atoms with van der Waals surface area (Å²) in [4.78, 5) is 28.0. The van der Waals surface area contributed by atoms with Crippen LogP contribution in [0.4, 0.5) is 5.13 Å². The summed E-state index contributed by atoms with van der Waals surface area (Å²) in [5, 5.41) is 13.8. The number of nitrogens with one attached hydrogen (secondary N) is 1. The summed E-state index contributed by atoms with van der Waals surface area (Å²) in [7, 11) is 1.29. The fraction of sp³-hybridized carbons (Fsp3) is 0.455. The number of hydrogen-bond donors (Lipinski definition) is 1. The fourth-order valence-corrected chi connectivity index (χ4v) is 2.42. The zero-order valence-electron chi connectivity index (χ0n) is 11.6. The molecule has 21 heavy (non-hydrogen) atoms. The molecule has 1 N–H and O–H groups in total. The van der Waals surface area contributed by atoms with Crippen LogP contribution in [0.5, 0.6) is 0 Å². The summed E-state index contributed by atoms with van der Waals surface area (Å²) in [6, 6.07) is 0. The van der Waals surface area contributed by atoms with Gasteiger partial charge in [-0.15, -0.1) is 16.4 Å². The molecular formula is C11H14N6O3S. The molecule has 0 spiro atoms. The van der Waals surface area contributed by atoms with Gasteiger partial charge in [0.15, 0.2) is 10.8 Å². The molecule has 112 valence electrons. The van der Waals surface area contributed by atoms with Crippen LogP contribution in [-0.4, -0.2) is 44.2 Å². The first kappa shape index (κ1) is 15.0. The normalized spacial score (nSPS) is 10.4. The molecule has 10 heteroatoms. The van der Waals surface area contributed by atoms with Crippen molar-refractivity contribution in [1.82, 2.24) is 25.2 Å². The first-order chi connectivity index (χ1) is 10.1. The van der Waals surface area contributed by atoms with E-state index in [2.05, 4.69) is 30.6 Å². The lowest BCUT2D eigenvalue weighted by Gasteiger charge is -2.01. The van der Waals surface area contributed by atoms with Crippen LogP contribution in [0.25, 0.3) is 0 Å². The first-order valence-corrected chi connectivity index (χ1v) is 6.98. The zero-order valence-corrected chi connectivity index (χ0v) is 12.4. The standard InChI is InChI=1S/C11H14N6O3S/c1-7-9(10(19)20-2)14-11(21-7)13-8(18)4-3-5-17-6-12-15-16-17/h6H,3-5H2,1-2H3,(H,13,14,18). The summed E-state index contributed by atoms with van der Waals surface area (Å²) in [6.45, 7) is 2.31. The molecule has 0 unspecified atom stereocenters. The Balaban J connectivity index is 1.83. The lowest BCUT2D eigenvalue weighted by molar-refractivity contribution is -0.116. The molecule has 9 nitrogen and oxygen atoms in total. The smallest absolute Gasteiger partial charge is 0.357 e. The number of ether oxygens (including phenoxy) is 1. The second-order valence-corrected chi connectivity index (χ2v) is 5.34. The van der Waals surface area contributed by atoms with Gasteiger partial charge in [0.05, 0.1) is 7.11 Å². The van der Waals surface area contributed by atoms with Gasteiger partial charge in [-0.05, 0) is 23.8 Å². The Hall–Kier alpha value is -2.36. The molecule has 0 aliphatic heterocycles. The molecule has 0 fully saturated rings. The number of hydrogen-bond acceptors (Lipinski definition) is 8. The van der Waals surface area contributed by atoms with Gasteiger partial charge in [0, 0.05) is 17.8 Å². The van der Waals surface area contributed by atoms with Crippen LogP contribution in [0.2, 0.25) is 0 Å². The quantitative estimate of drug-likeness (QED) is 0.779. The Morgan fingerprint density at radius 2 is 2.29 bits per heavy atom. The molecule has 0 bridgehead atoms. The summed E-state index contributed by atoms with van der Waals surface area (Å²) in [6.07, 6.45) is 2.40. The molecule has 0 saturated heterocycles. The van der Waals surface area contributed by atoms with Crippen molar-refractivity contribution in [2.45, 2.75) is 26.3 Å². The number of nitrogens with zero attached hydrogens (tertiary/aromatic N) is 5. The molecule has 0 saturated carbocycles. The van der Waals surface area contributed by atoms with E-state index in [9.17, 15) is 9.59 Å². The van der Waals surface area contributed by atoms with Crippen LogP contribution in [0, 0.1) is 6.92 Å². The van der Waals surface area contributed by atoms with Crippen molar-refractivity contribution in [2.75, 3.05) is 12.4 Å². The summed E-state index contributed by atoms with van der Waals surface area (Å²) < 4.78 is 6.16. The van der Waals surface area contributed by atoms with Crippen molar-refractivity contribution in [2.24, 2.45) is 0 Å². The molecule has 0 atom stereocenters. The molecule has 2 aromatic heterocycles. The largest absolute Gasteiger partial charge is 0.464 e. The highest BCUT2D eigenvalue weighted by Crippen LogP contribution is 2.22. The number of rotatable bonds is 6. The number of aromatic nitrogens is 5. The third kappa shape index (κ3) is 4.05. The molecule has 2 rings (SSSR count). The molecular weight excluding hydrogens is 296 g/mol. The van der Waals surface area contributed by atoms with E-state index in [0.717, 1.165) is 0 Å². The molecule has 0 aliphatic rings. The van der Waals surface area contributed by atoms with Crippen molar-refractivity contribution < 1.29 is 14.3 Å². The molecule has 1 amide bonds. The van der Waals surface area contributed by atoms with Crippen molar-refractivity contribution in [3.63, 3.8) is 0 Å². The van der Waals surface area contributed by atoms with Gasteiger partial charge >= 0.3 is 5.97 Å². The minimum atomic E-state index is -0.511. The van der Waals surface area contributed by atoms with Crippen molar-refractivity contribution >= 4 is 28.3 Å². The van der Waals surface area contributed by atoms with Crippen LogP contribution in [0.1, 0.15) is 28.2 Å². The highest BCUT2D eigenvalue weighted by molar-refractivity contribution is 7.16. The molecule has 0 radical (unpaired) electrons. The van der Waals surface area contributed by atoms with E-state index >= 15 is 0 Å². The maximum absolute atomic E-state index is 11.8. The third-order valence-corrected chi connectivity index (χ3v) is 3.49. The molecule has 0 aliphatic carbocycles. The predicted octanol–water partition coefficient (Wildman–Crippen LogP) is 0.644. The maximum Gasteiger partial charge on any atom is 0.357 e. The SMILES string of the molecule is COC(=O)c1nc(NC(=O)CCCn2cnnn2)sc1C. The monoisotopic (exact) mass is 310 g/mol. The first-order valence-electron chi connectivity index (χ1n) is 6.16. The van der Waals surface area contributed by atoms with Gasteiger partial charge in [-0.25, -0.2) is 14.5 Å². The number of amides is 1. The summed E-state index contributed by atoms with van der Waals surface area (Å²) in [5.74, 6) is -0.684. The third-order valence-electron chi connectivity index (χ3n) is 2.60. The van der Waals surface area contributed by atoms with Crippen LogP contribution >= 0.6 is 11.3 Å². The lowest BCUT2D eigenvalue weighted by atomic mass is 10.3. The molecule has 0 aromatic carbocycles. The minimum Gasteiger partial charge on any atom is -0.464 e. The number of methoxy groups -OCH3 is 1. The number of carbonyl (C=O) groups is 2. The Labute approximate surface area is 124 Å². The number of esters is 1. The Kier molecular flexibility index (Phi) is 4.93. The van der Waals surface area contributed by atoms with E-state index in [-0.39, 0.29) is 11.6 Å². The van der Waals surface area contributed by atoms with Crippen molar-refractivity contribution in [3.05, 3.63) is 16.9 Å². The average molecular weight is 310 g/mol. The van der Waals surface area contributed by atoms with Crippen molar-refractivity contribution in [3.8, 4) is 0 Å². The number of tetrazole rings is 1. The van der Waals surface area contributed by atoms with Gasteiger partial charge in [0.2, 0.25) is 5.91 Å². The number of aryl methyl sites for hydroxylation is 2. The topological polar surface area (TPSA) is 112 Å². The summed E-state index contributed by atoms with van der Waals surface area (Å²) in [5.41, 5.74) is 0.228. The van der Waals surface area contributed by atoms with E-state index in [1.54, 1.807) is 11.6 Å². The van der Waals surface area contributed by atoms with Crippen LogP contribution in [-0.2, 0) is 16.1 Å². The Morgan fingerprint density at radius 1 is 1.48 bits per heavy atom. The van der Waals surface area contributed by atoms with Gasteiger partial charge in [0.25, 0.3) is 0 Å². The Bertz CT molecular complexity index is 624. The fourth-order valence-electron chi connectivity index (χ4n) is 1.60. The minimum absolute atomic E-state index is 0.173. The van der Waals surface area contributed by atoms with E-state index in [1.807, 2.05) is 0 Å². The molecule has 2 heterocycles. The summed E-state index contributed by atoms with van der Waals surface area (Å²) >= 11 is 1.24. The Morgan fingerprint density at radius 3 is 2.95 bits per heavy atom. The highest BCUT2D eigenvalue weighted by atomic mass is 32.1. The van der Waals surface area contributed by atoms with E-state index in [1.165, 1.54) is 24.8 Å².